The van der Waals surface area contributed by atoms with Crippen LogP contribution in [0.25, 0.3) is 11.1 Å². The van der Waals surface area contributed by atoms with Crippen molar-refractivity contribution in [1.29, 1.82) is 0 Å². The molecule has 0 radical (unpaired) electrons. The van der Waals surface area contributed by atoms with E-state index in [1.54, 1.807) is 6.92 Å². The second kappa shape index (κ2) is 8.54. The maximum atomic E-state index is 14.9. The number of aliphatic hydroxyl groups is 1. The number of nitrogens with zero attached hydrogens (tertiary/aromatic N) is 3. The van der Waals surface area contributed by atoms with Gasteiger partial charge in [-0.15, -0.1) is 10.2 Å². The van der Waals surface area contributed by atoms with Crippen LogP contribution in [0.4, 0.5) is 18.3 Å². The topological polar surface area (TPSA) is 97.2 Å². The fourth-order valence-corrected chi connectivity index (χ4v) is 3.34. The number of methoxy groups -OCH3 is 1. The largest absolute Gasteiger partial charge is 0.496 e. The number of hydrogen-bond donors (Lipinski definition) is 2. The molecule has 0 saturated carbocycles. The molecular formula is C18H14ClF3N4O3S. The number of aromatic nitrogens is 3. The van der Waals surface area contributed by atoms with E-state index in [1.165, 1.54) is 25.3 Å². The van der Waals surface area contributed by atoms with Gasteiger partial charge < -0.3 is 9.84 Å². The molecule has 3 aromatic rings. The molecule has 0 bridgehead atoms. The van der Waals surface area contributed by atoms with E-state index < -0.39 is 34.3 Å². The standard InChI is InChI=1S/C18H14ClF3N4O3S/c1-8-5-9(13-12(29-2)4-3-11(19)14(13)20)10(6-23-8)15(28)24-17-26-25-16(30-17)18(21,22)7-27/h3-6,27H,7H2,1-2H3,(H,24,26,28)/i7D2. The molecule has 0 fully saturated rings. The predicted octanol–water partition coefficient (Wildman–Crippen LogP) is 4.05. The van der Waals surface area contributed by atoms with Gasteiger partial charge >= 0.3 is 5.92 Å². The van der Waals surface area contributed by atoms with Gasteiger partial charge in [0.25, 0.3) is 5.91 Å². The highest BCUT2D eigenvalue weighted by Crippen LogP contribution is 2.38. The van der Waals surface area contributed by atoms with E-state index in [-0.39, 0.29) is 38.8 Å². The monoisotopic (exact) mass is 460 g/mol. The van der Waals surface area contributed by atoms with Gasteiger partial charge in [-0.2, -0.15) is 8.78 Å². The Hall–Kier alpha value is -2.76. The summed E-state index contributed by atoms with van der Waals surface area (Å²) in [5.74, 6) is -5.99. The quantitative estimate of drug-likeness (QED) is 0.576. The minimum Gasteiger partial charge on any atom is -0.496 e. The lowest BCUT2D eigenvalue weighted by Crippen LogP contribution is -2.17. The van der Waals surface area contributed by atoms with Crippen molar-refractivity contribution in [3.8, 4) is 16.9 Å². The van der Waals surface area contributed by atoms with Crippen LogP contribution in [-0.4, -0.2) is 39.9 Å². The smallest absolute Gasteiger partial charge is 0.323 e. The van der Waals surface area contributed by atoms with E-state index >= 15 is 0 Å². The van der Waals surface area contributed by atoms with Gasteiger partial charge in [-0.3, -0.25) is 15.1 Å². The van der Waals surface area contributed by atoms with Crippen LogP contribution in [0.1, 0.15) is 23.8 Å². The number of rotatable bonds is 6. The molecule has 0 unspecified atom stereocenters. The molecule has 158 valence electrons. The summed E-state index contributed by atoms with van der Waals surface area (Å²) in [6.07, 6.45) is 1.16. The van der Waals surface area contributed by atoms with Crippen LogP contribution in [0.15, 0.2) is 24.4 Å². The van der Waals surface area contributed by atoms with E-state index in [0.717, 1.165) is 6.20 Å². The van der Waals surface area contributed by atoms with Gasteiger partial charge in [0.05, 0.1) is 26.0 Å². The van der Waals surface area contributed by atoms with Crippen LogP contribution < -0.4 is 10.1 Å². The summed E-state index contributed by atoms with van der Waals surface area (Å²) < 4.78 is 61.6. The maximum Gasteiger partial charge on any atom is 0.323 e. The Bertz CT molecular complexity index is 1190. The Balaban J connectivity index is 2.02. The van der Waals surface area contributed by atoms with Crippen molar-refractivity contribution in [3.63, 3.8) is 0 Å². The van der Waals surface area contributed by atoms with Crippen molar-refractivity contribution in [2.75, 3.05) is 19.0 Å². The molecule has 0 aliphatic carbocycles. The molecule has 0 atom stereocenters. The van der Waals surface area contributed by atoms with Gasteiger partial charge in [-0.1, -0.05) is 22.9 Å². The van der Waals surface area contributed by atoms with Crippen LogP contribution in [0.3, 0.4) is 0 Å². The summed E-state index contributed by atoms with van der Waals surface area (Å²) in [5.41, 5.74) is 0.277. The summed E-state index contributed by atoms with van der Waals surface area (Å²) >= 11 is 6.05. The first-order valence-corrected chi connectivity index (χ1v) is 9.30. The van der Waals surface area contributed by atoms with Crippen LogP contribution in [0.5, 0.6) is 5.75 Å². The highest BCUT2D eigenvalue weighted by molar-refractivity contribution is 7.15. The number of alkyl halides is 2. The van der Waals surface area contributed by atoms with Crippen molar-refractivity contribution in [1.82, 2.24) is 15.2 Å². The van der Waals surface area contributed by atoms with Crippen molar-refractivity contribution in [2.24, 2.45) is 0 Å². The van der Waals surface area contributed by atoms with Gasteiger partial charge in [0.2, 0.25) is 5.13 Å². The third-order valence-electron chi connectivity index (χ3n) is 3.89. The summed E-state index contributed by atoms with van der Waals surface area (Å²) in [6.45, 7) is -2.27. The molecule has 2 aromatic heterocycles. The third kappa shape index (κ3) is 4.23. The Morgan fingerprint density at radius 3 is 2.83 bits per heavy atom. The number of pyridine rings is 1. The van der Waals surface area contributed by atoms with Crippen LogP contribution in [0, 0.1) is 12.7 Å². The zero-order valence-corrected chi connectivity index (χ0v) is 16.9. The number of amides is 1. The van der Waals surface area contributed by atoms with E-state index in [0.29, 0.717) is 5.69 Å². The molecule has 0 aliphatic heterocycles. The third-order valence-corrected chi connectivity index (χ3v) is 5.09. The van der Waals surface area contributed by atoms with E-state index in [1.807, 2.05) is 0 Å². The van der Waals surface area contributed by atoms with Crippen LogP contribution >= 0.6 is 22.9 Å². The van der Waals surface area contributed by atoms with Gasteiger partial charge in [0, 0.05) is 17.5 Å². The molecule has 7 nitrogen and oxygen atoms in total. The molecule has 1 aromatic carbocycles. The summed E-state index contributed by atoms with van der Waals surface area (Å²) in [4.78, 5) is 16.9. The van der Waals surface area contributed by atoms with Crippen molar-refractivity contribution in [2.45, 2.75) is 12.8 Å². The van der Waals surface area contributed by atoms with Gasteiger partial charge in [0.15, 0.2) is 10.8 Å². The summed E-state index contributed by atoms with van der Waals surface area (Å²) in [6, 6.07) is 4.13. The average Bonchev–Trinajstić information content (AvgIpc) is 3.18. The predicted molar refractivity (Wildman–Crippen MR) is 105 cm³/mol. The first kappa shape index (κ1) is 19.2. The minimum absolute atomic E-state index is 0.0774. The number of anilines is 1. The Labute approximate surface area is 180 Å². The van der Waals surface area contributed by atoms with E-state index in [2.05, 4.69) is 20.5 Å². The number of halogens is 4. The van der Waals surface area contributed by atoms with Gasteiger partial charge in [0.1, 0.15) is 12.3 Å². The average molecular weight is 461 g/mol. The van der Waals surface area contributed by atoms with Crippen molar-refractivity contribution in [3.05, 3.63) is 51.5 Å². The molecule has 0 saturated heterocycles. The second-order valence-corrected chi connectivity index (χ2v) is 7.25. The van der Waals surface area contributed by atoms with Crippen LogP contribution in [0.2, 0.25) is 5.02 Å². The Morgan fingerprint density at radius 1 is 1.43 bits per heavy atom. The number of benzene rings is 1. The van der Waals surface area contributed by atoms with Gasteiger partial charge in [-0.05, 0) is 25.1 Å². The SMILES string of the molecule is [2H]C([2H])(O)C(F)(F)c1nnc(NC(=O)c2cnc(C)cc2-c2c(OC)ccc(Cl)c2F)s1. The van der Waals surface area contributed by atoms with E-state index in [4.69, 9.17) is 24.2 Å². The molecule has 2 N–H and O–H groups in total. The zero-order chi connectivity index (χ0) is 23.8. The first-order valence-electron chi connectivity index (χ1n) is 9.11. The number of ether oxygens (including phenoxy) is 1. The fraction of sp³-hybridized carbons (Fsp3) is 0.222. The number of carbonyl (C=O) groups is 1. The second-order valence-electron chi connectivity index (χ2n) is 5.86. The molecular weight excluding hydrogens is 445 g/mol. The normalized spacial score (nSPS) is 12.9. The molecule has 2 heterocycles. The number of nitrogens with one attached hydrogen (secondary N) is 1. The van der Waals surface area contributed by atoms with Crippen molar-refractivity contribution >= 4 is 34.0 Å². The molecule has 30 heavy (non-hydrogen) atoms. The highest BCUT2D eigenvalue weighted by Gasteiger charge is 2.35. The number of aryl methyl sites for hydroxylation is 1. The first-order chi connectivity index (χ1) is 14.9. The Morgan fingerprint density at radius 2 is 2.17 bits per heavy atom. The van der Waals surface area contributed by atoms with Crippen LogP contribution in [-0.2, 0) is 5.92 Å². The molecule has 1 amide bonds. The van der Waals surface area contributed by atoms with E-state index in [9.17, 15) is 18.0 Å². The summed E-state index contributed by atoms with van der Waals surface area (Å²) in [7, 11) is 1.31. The van der Waals surface area contributed by atoms with Gasteiger partial charge in [-0.25, -0.2) is 4.39 Å². The molecule has 12 heteroatoms. The summed E-state index contributed by atoms with van der Waals surface area (Å²) in [5, 5.41) is 16.0. The number of hydrogen-bond acceptors (Lipinski definition) is 7. The number of carbonyl (C=O) groups excluding carboxylic acids is 1. The fourth-order valence-electron chi connectivity index (χ4n) is 2.51. The lowest BCUT2D eigenvalue weighted by atomic mass is 9.98. The zero-order valence-electron chi connectivity index (χ0n) is 17.3. The van der Waals surface area contributed by atoms with Crippen molar-refractivity contribution < 1.29 is 30.6 Å². The maximum absolute atomic E-state index is 14.9. The molecule has 0 spiro atoms. The molecule has 0 aliphatic rings. The highest BCUT2D eigenvalue weighted by atomic mass is 35.5. The Kier molecular flexibility index (Phi) is 5.47. The molecule has 3 rings (SSSR count). The minimum atomic E-state index is -4.36. The lowest BCUT2D eigenvalue weighted by molar-refractivity contribution is -0.0562. The lowest BCUT2D eigenvalue weighted by Gasteiger charge is -2.14.